The number of ether oxygens (including phenoxy) is 3. The molecule has 3 atom stereocenters. The predicted molar refractivity (Wildman–Crippen MR) is 100 cm³/mol. The van der Waals surface area contributed by atoms with Gasteiger partial charge in [0.2, 0.25) is 5.91 Å². The van der Waals surface area contributed by atoms with Crippen LogP contribution in [0.3, 0.4) is 0 Å². The van der Waals surface area contributed by atoms with Crippen LogP contribution in [0.25, 0.3) is 0 Å². The summed E-state index contributed by atoms with van der Waals surface area (Å²) in [4.78, 5) is 25.7. The van der Waals surface area contributed by atoms with Crippen molar-refractivity contribution in [1.29, 1.82) is 0 Å². The number of aliphatic carboxylic acids is 1. The van der Waals surface area contributed by atoms with Crippen molar-refractivity contribution in [3.8, 4) is 5.88 Å². The molecule has 0 bridgehead atoms. The number of aliphatic hydroxyl groups is 1. The van der Waals surface area contributed by atoms with Crippen LogP contribution >= 0.6 is 0 Å². The molecule has 10 heteroatoms. The zero-order valence-corrected chi connectivity index (χ0v) is 17.2. The minimum Gasteiger partial charge on any atom is -0.480 e. The number of aromatic nitrogens is 1. The first-order chi connectivity index (χ1) is 13.8. The zero-order valence-electron chi connectivity index (χ0n) is 17.2. The summed E-state index contributed by atoms with van der Waals surface area (Å²) in [6.07, 6.45) is -1.40. The highest BCUT2D eigenvalue weighted by molar-refractivity contribution is 5.88. The molecule has 1 aromatic rings. The molecule has 2 N–H and O–H groups in total. The van der Waals surface area contributed by atoms with Gasteiger partial charge in [0, 0.05) is 32.2 Å². The summed E-state index contributed by atoms with van der Waals surface area (Å²) < 4.78 is 21.7. The Bertz CT molecular complexity index is 671. The van der Waals surface area contributed by atoms with Crippen LogP contribution < -0.4 is 4.74 Å². The first kappa shape index (κ1) is 23.1. The normalized spacial score (nSPS) is 20.4. The molecular formula is C19H30N2O8. The van der Waals surface area contributed by atoms with Crippen LogP contribution in [0.5, 0.6) is 5.88 Å². The van der Waals surface area contributed by atoms with Crippen molar-refractivity contribution in [3.63, 3.8) is 0 Å². The van der Waals surface area contributed by atoms with Crippen LogP contribution in [-0.4, -0.2) is 76.9 Å². The van der Waals surface area contributed by atoms with Gasteiger partial charge in [-0.1, -0.05) is 13.8 Å². The molecule has 29 heavy (non-hydrogen) atoms. The van der Waals surface area contributed by atoms with E-state index in [1.807, 2.05) is 27.7 Å². The number of β-amino-alcohol motifs (C(OH)–C–C–N with tert-alkyl or cyclic N) is 1. The van der Waals surface area contributed by atoms with Crippen LogP contribution in [0.1, 0.15) is 45.8 Å². The van der Waals surface area contributed by atoms with Crippen molar-refractivity contribution in [2.45, 2.75) is 58.5 Å². The number of rotatable bonds is 11. The first-order valence-electron chi connectivity index (χ1n) is 9.82. The number of amides is 1. The summed E-state index contributed by atoms with van der Waals surface area (Å²) in [7, 11) is 0. The third kappa shape index (κ3) is 5.91. The molecule has 10 nitrogen and oxygen atoms in total. The monoisotopic (exact) mass is 414 g/mol. The van der Waals surface area contributed by atoms with Gasteiger partial charge in [0.15, 0.2) is 12.1 Å². The minimum atomic E-state index is -1.14. The molecule has 1 aliphatic heterocycles. The van der Waals surface area contributed by atoms with Crippen LogP contribution in [0, 0.1) is 5.92 Å². The Morgan fingerprint density at radius 3 is 2.52 bits per heavy atom. The molecule has 2 heterocycles. The molecule has 0 radical (unpaired) electrons. The number of likely N-dealkylation sites (tertiary alicyclic amines) is 1. The number of hydrogen-bond acceptors (Lipinski definition) is 8. The number of carbonyl (C=O) groups excluding carboxylic acids is 1. The second-order valence-electron chi connectivity index (χ2n) is 7.17. The van der Waals surface area contributed by atoms with Gasteiger partial charge in [0.1, 0.15) is 18.6 Å². The molecule has 1 aromatic heterocycles. The summed E-state index contributed by atoms with van der Waals surface area (Å²) in [6.45, 7) is 8.36. The fourth-order valence-electron chi connectivity index (χ4n) is 3.36. The molecular weight excluding hydrogens is 384 g/mol. The smallest absolute Gasteiger partial charge is 0.326 e. The van der Waals surface area contributed by atoms with Gasteiger partial charge < -0.3 is 33.8 Å². The van der Waals surface area contributed by atoms with Gasteiger partial charge in [0.05, 0.1) is 6.10 Å². The molecule has 0 saturated carbocycles. The van der Waals surface area contributed by atoms with Gasteiger partial charge in [-0.25, -0.2) is 4.79 Å². The quantitative estimate of drug-likeness (QED) is 0.513. The lowest BCUT2D eigenvalue weighted by molar-refractivity contribution is -0.153. The highest BCUT2D eigenvalue weighted by Gasteiger charge is 2.43. The Kier molecular flexibility index (Phi) is 8.42. The second kappa shape index (κ2) is 10.6. The molecule has 0 unspecified atom stereocenters. The summed E-state index contributed by atoms with van der Waals surface area (Å²) in [6, 6.07) is 0.454. The van der Waals surface area contributed by atoms with Gasteiger partial charge in [0.25, 0.3) is 5.88 Å². The molecule has 1 saturated heterocycles. The van der Waals surface area contributed by atoms with E-state index in [0.29, 0.717) is 13.2 Å². The Morgan fingerprint density at radius 2 is 1.97 bits per heavy atom. The maximum atomic E-state index is 13.1. The molecule has 0 aromatic carbocycles. The number of carbonyl (C=O) groups is 2. The van der Waals surface area contributed by atoms with Crippen molar-refractivity contribution in [2.24, 2.45) is 5.92 Å². The lowest BCUT2D eigenvalue weighted by Crippen LogP contribution is -2.44. The Balaban J connectivity index is 2.11. The second-order valence-corrected chi connectivity index (χ2v) is 7.17. The number of carboxylic acids is 1. The molecule has 1 fully saturated rings. The van der Waals surface area contributed by atoms with Gasteiger partial charge >= 0.3 is 5.97 Å². The third-order valence-corrected chi connectivity index (χ3v) is 4.67. The number of aliphatic hydroxyl groups excluding tert-OH is 1. The van der Waals surface area contributed by atoms with Crippen LogP contribution in [0.2, 0.25) is 0 Å². The van der Waals surface area contributed by atoms with Crippen molar-refractivity contribution in [3.05, 3.63) is 11.8 Å². The van der Waals surface area contributed by atoms with E-state index >= 15 is 0 Å². The Hall–Kier alpha value is -2.17. The van der Waals surface area contributed by atoms with Gasteiger partial charge in [-0.05, 0) is 24.9 Å². The summed E-state index contributed by atoms with van der Waals surface area (Å²) in [5.74, 6) is -2.05. The van der Waals surface area contributed by atoms with Crippen LogP contribution in [0.15, 0.2) is 10.6 Å². The van der Waals surface area contributed by atoms with E-state index in [9.17, 15) is 19.8 Å². The average Bonchev–Trinajstić information content (AvgIpc) is 3.26. The fourth-order valence-corrected chi connectivity index (χ4v) is 3.36. The molecule has 2 rings (SSSR count). The molecule has 1 amide bonds. The highest BCUT2D eigenvalue weighted by atomic mass is 16.7. The van der Waals surface area contributed by atoms with Gasteiger partial charge in [-0.2, -0.15) is 0 Å². The van der Waals surface area contributed by atoms with Crippen LogP contribution in [0.4, 0.5) is 0 Å². The topological polar surface area (TPSA) is 132 Å². The maximum absolute atomic E-state index is 13.1. The number of carboxylic acid groups (broad SMARTS) is 1. The van der Waals surface area contributed by atoms with Crippen molar-refractivity contribution in [1.82, 2.24) is 10.1 Å². The summed E-state index contributed by atoms with van der Waals surface area (Å²) >= 11 is 0. The third-order valence-electron chi connectivity index (χ3n) is 4.67. The predicted octanol–water partition coefficient (Wildman–Crippen LogP) is 1.24. The molecule has 0 aliphatic carbocycles. The fraction of sp³-hybridized carbons (Fsp3) is 0.737. The van der Waals surface area contributed by atoms with Crippen molar-refractivity contribution >= 4 is 11.9 Å². The standard InChI is InChI=1S/C19H30N2O8/c1-5-26-16(27-6-2)10-28-15-8-14(29-20-15)17(11(3)4)18(23)21-9-12(22)7-13(21)19(24)25/h8,11-13,16-17,22H,5-7,9-10H2,1-4H3,(H,24,25)/t12-,13+,17+/m1/s1. The maximum Gasteiger partial charge on any atom is 0.326 e. The minimum absolute atomic E-state index is 0.00685. The van der Waals surface area contributed by atoms with E-state index in [0.717, 1.165) is 0 Å². The lowest BCUT2D eigenvalue weighted by atomic mass is 9.91. The number of nitrogens with zero attached hydrogens (tertiary/aromatic N) is 2. The van der Waals surface area contributed by atoms with E-state index in [4.69, 9.17) is 18.7 Å². The van der Waals surface area contributed by atoms with Crippen molar-refractivity contribution in [2.75, 3.05) is 26.4 Å². The van der Waals surface area contributed by atoms with Gasteiger partial charge in [-0.3, -0.25) is 4.79 Å². The lowest BCUT2D eigenvalue weighted by Gasteiger charge is -2.27. The Morgan fingerprint density at radius 1 is 1.31 bits per heavy atom. The Labute approximate surface area is 169 Å². The van der Waals surface area contributed by atoms with E-state index in [1.165, 1.54) is 11.0 Å². The number of hydrogen-bond donors (Lipinski definition) is 2. The SMILES string of the molecule is CCOC(COc1cc([C@@H](C(=O)N2C[C@H](O)C[C@H]2C(=O)O)C(C)C)on1)OCC. The first-order valence-corrected chi connectivity index (χ1v) is 9.82. The van der Waals surface area contributed by atoms with E-state index < -0.39 is 36.2 Å². The van der Waals surface area contributed by atoms with E-state index in [1.54, 1.807) is 0 Å². The summed E-state index contributed by atoms with van der Waals surface area (Å²) in [5, 5.41) is 23.1. The van der Waals surface area contributed by atoms with Gasteiger partial charge in [-0.15, -0.1) is 0 Å². The molecule has 0 spiro atoms. The van der Waals surface area contributed by atoms with Crippen LogP contribution in [-0.2, 0) is 19.1 Å². The van der Waals surface area contributed by atoms with Crippen molar-refractivity contribution < 1.29 is 38.5 Å². The van der Waals surface area contributed by atoms with E-state index in [-0.39, 0.29) is 37.1 Å². The summed E-state index contributed by atoms with van der Waals surface area (Å²) in [5.41, 5.74) is 0. The van der Waals surface area contributed by atoms with E-state index in [2.05, 4.69) is 5.16 Å². The molecule has 164 valence electrons. The highest BCUT2D eigenvalue weighted by Crippen LogP contribution is 2.32. The largest absolute Gasteiger partial charge is 0.480 e. The molecule has 1 aliphatic rings. The average molecular weight is 414 g/mol. The zero-order chi connectivity index (χ0) is 21.6.